The molecule has 0 atom stereocenters. The number of pyridine rings is 1. The molecule has 0 unspecified atom stereocenters. The van der Waals surface area contributed by atoms with E-state index in [9.17, 15) is 9.59 Å². The van der Waals surface area contributed by atoms with Crippen LogP contribution in [0.25, 0.3) is 10.9 Å². The van der Waals surface area contributed by atoms with Crippen molar-refractivity contribution in [2.75, 3.05) is 0 Å². The third-order valence-corrected chi connectivity index (χ3v) is 4.85. The summed E-state index contributed by atoms with van der Waals surface area (Å²) in [5, 5.41) is 2.01. The second-order valence-electron chi connectivity index (χ2n) is 6.35. The molecule has 0 fully saturated rings. The molecule has 0 saturated heterocycles. The van der Waals surface area contributed by atoms with Crippen LogP contribution in [0.2, 0.25) is 0 Å². The van der Waals surface area contributed by atoms with Crippen molar-refractivity contribution in [3.05, 3.63) is 92.2 Å². The van der Waals surface area contributed by atoms with Crippen LogP contribution in [0.15, 0.2) is 64.6 Å². The Labute approximate surface area is 157 Å². The lowest BCUT2D eigenvalue weighted by molar-refractivity contribution is 0.103. The Morgan fingerprint density at radius 2 is 1.88 bits per heavy atom. The molecular formula is C21H20N2O2S. The highest BCUT2D eigenvalue weighted by atomic mass is 32.1. The van der Waals surface area contributed by atoms with Crippen LogP contribution >= 0.6 is 12.6 Å². The van der Waals surface area contributed by atoms with E-state index in [1.54, 1.807) is 24.4 Å². The molecule has 0 aliphatic heterocycles. The Bertz CT molecular complexity index is 1100. The summed E-state index contributed by atoms with van der Waals surface area (Å²) >= 11 is 4.08. The smallest absolute Gasteiger partial charge is 0.200 e. The van der Waals surface area contributed by atoms with Crippen molar-refractivity contribution in [2.24, 2.45) is 5.73 Å². The summed E-state index contributed by atoms with van der Waals surface area (Å²) in [7, 11) is 0. The van der Waals surface area contributed by atoms with E-state index < -0.39 is 0 Å². The molecule has 26 heavy (non-hydrogen) atoms. The van der Waals surface area contributed by atoms with Gasteiger partial charge in [0.15, 0.2) is 5.78 Å². The van der Waals surface area contributed by atoms with E-state index in [4.69, 9.17) is 5.73 Å². The Morgan fingerprint density at radius 1 is 1.15 bits per heavy atom. The van der Waals surface area contributed by atoms with Gasteiger partial charge in [0.2, 0.25) is 5.43 Å². The number of aromatic nitrogens is 1. The summed E-state index contributed by atoms with van der Waals surface area (Å²) in [6, 6.07) is 12.7. The average Bonchev–Trinajstić information content (AvgIpc) is 2.65. The molecule has 2 N–H and O–H groups in total. The van der Waals surface area contributed by atoms with Crippen LogP contribution in [0.4, 0.5) is 0 Å². The van der Waals surface area contributed by atoms with Gasteiger partial charge < -0.3 is 10.3 Å². The fourth-order valence-electron chi connectivity index (χ4n) is 2.91. The van der Waals surface area contributed by atoms with Gasteiger partial charge >= 0.3 is 0 Å². The molecule has 0 spiro atoms. The van der Waals surface area contributed by atoms with E-state index >= 15 is 0 Å². The van der Waals surface area contributed by atoms with Crippen LogP contribution in [-0.4, -0.2) is 10.4 Å². The van der Waals surface area contributed by atoms with Crippen molar-refractivity contribution in [1.29, 1.82) is 0 Å². The molecule has 4 nitrogen and oxygen atoms in total. The Kier molecular flexibility index (Phi) is 5.00. The van der Waals surface area contributed by atoms with Crippen molar-refractivity contribution in [3.63, 3.8) is 0 Å². The minimum absolute atomic E-state index is 0.138. The van der Waals surface area contributed by atoms with Crippen LogP contribution in [0.3, 0.4) is 0 Å². The van der Waals surface area contributed by atoms with E-state index in [1.807, 2.05) is 42.7 Å². The second kappa shape index (κ2) is 7.22. The number of para-hydroxylation sites is 1. The van der Waals surface area contributed by atoms with Crippen LogP contribution < -0.4 is 11.2 Å². The zero-order valence-electron chi connectivity index (χ0n) is 14.7. The van der Waals surface area contributed by atoms with E-state index in [-0.39, 0.29) is 16.8 Å². The van der Waals surface area contributed by atoms with Gasteiger partial charge in [-0.15, -0.1) is 12.6 Å². The summed E-state index contributed by atoms with van der Waals surface area (Å²) in [5.41, 5.74) is 9.66. The first-order valence-corrected chi connectivity index (χ1v) is 8.77. The maximum Gasteiger partial charge on any atom is 0.200 e. The first kappa shape index (κ1) is 18.0. The summed E-state index contributed by atoms with van der Waals surface area (Å²) in [6.07, 6.45) is 1.59. The monoisotopic (exact) mass is 364 g/mol. The Hall–Kier alpha value is -2.79. The van der Waals surface area contributed by atoms with Gasteiger partial charge in [-0.25, -0.2) is 0 Å². The molecule has 0 radical (unpaired) electrons. The second-order valence-corrected chi connectivity index (χ2v) is 6.61. The largest absolute Gasteiger partial charge is 0.400 e. The van der Waals surface area contributed by atoms with Gasteiger partial charge in [-0.3, -0.25) is 9.59 Å². The Morgan fingerprint density at radius 3 is 2.58 bits per heavy atom. The normalized spacial score (nSPS) is 11.7. The number of aryl methyl sites for hydroxylation is 2. The van der Waals surface area contributed by atoms with Crippen molar-refractivity contribution in [3.8, 4) is 0 Å². The number of thiol groups is 1. The highest BCUT2D eigenvalue weighted by molar-refractivity contribution is 7.83. The number of nitrogens with two attached hydrogens (primary N) is 1. The summed E-state index contributed by atoms with van der Waals surface area (Å²) in [5.74, 6) is -0.286. The molecule has 1 heterocycles. The van der Waals surface area contributed by atoms with Crippen LogP contribution in [0, 0.1) is 13.8 Å². The number of allylic oxidation sites excluding steroid dienone is 1. The highest BCUT2D eigenvalue weighted by Crippen LogP contribution is 2.17. The first-order valence-electron chi connectivity index (χ1n) is 8.25. The predicted octanol–water partition coefficient (Wildman–Crippen LogP) is 3.58. The topological polar surface area (TPSA) is 65.1 Å². The summed E-state index contributed by atoms with van der Waals surface area (Å²) in [4.78, 5) is 25.9. The van der Waals surface area contributed by atoms with Crippen molar-refractivity contribution in [1.82, 2.24) is 4.57 Å². The van der Waals surface area contributed by atoms with Crippen molar-refractivity contribution >= 4 is 29.3 Å². The molecular weight excluding hydrogens is 344 g/mol. The molecule has 0 aliphatic rings. The van der Waals surface area contributed by atoms with E-state index in [0.29, 0.717) is 23.2 Å². The highest BCUT2D eigenvalue weighted by Gasteiger charge is 2.17. The first-order chi connectivity index (χ1) is 12.4. The standard InChI is InChI=1S/C21H20N2O2S/c1-13-7-8-15(9-14(13)2)20(24)18-11-23(10-16(22)12-26)19-6-4-3-5-17(19)21(18)25/h3-9,11-12,26H,10,22H2,1-2H3/b16-12-. The molecule has 0 bridgehead atoms. The SMILES string of the molecule is Cc1ccc(C(=O)c2cn(C/C(N)=C/S)c3ccccc3c2=O)cc1C. The Balaban J connectivity index is 2.22. The molecule has 0 saturated carbocycles. The molecule has 2 aromatic carbocycles. The fraction of sp³-hybridized carbons (Fsp3) is 0.143. The average molecular weight is 364 g/mol. The maximum atomic E-state index is 13.0. The number of fused-ring (bicyclic) bond motifs is 1. The quantitative estimate of drug-likeness (QED) is 0.549. The number of carbonyl (C=O) groups excluding carboxylic acids is 1. The van der Waals surface area contributed by atoms with Crippen LogP contribution in [0.1, 0.15) is 27.0 Å². The third kappa shape index (κ3) is 3.30. The third-order valence-electron chi connectivity index (χ3n) is 4.52. The van der Waals surface area contributed by atoms with Gasteiger partial charge in [0.05, 0.1) is 17.6 Å². The number of hydrogen-bond donors (Lipinski definition) is 2. The van der Waals surface area contributed by atoms with Gasteiger partial charge in [0.1, 0.15) is 0 Å². The van der Waals surface area contributed by atoms with E-state index in [2.05, 4.69) is 12.6 Å². The number of hydrogen-bond acceptors (Lipinski definition) is 4. The number of benzene rings is 2. The fourth-order valence-corrected chi connectivity index (χ4v) is 3.00. The molecule has 3 aromatic rings. The molecule has 1 aromatic heterocycles. The molecule has 0 aliphatic carbocycles. The lowest BCUT2D eigenvalue weighted by Crippen LogP contribution is -2.21. The van der Waals surface area contributed by atoms with Gasteiger partial charge in [0.25, 0.3) is 0 Å². The number of ketones is 1. The van der Waals surface area contributed by atoms with Crippen molar-refractivity contribution < 1.29 is 4.79 Å². The van der Waals surface area contributed by atoms with Gasteiger partial charge in [-0.2, -0.15) is 0 Å². The number of nitrogens with zero attached hydrogens (tertiary/aromatic N) is 1. The molecule has 5 heteroatoms. The minimum Gasteiger partial charge on any atom is -0.400 e. The molecule has 3 rings (SSSR count). The number of carbonyl (C=O) groups is 1. The number of rotatable bonds is 4. The zero-order valence-corrected chi connectivity index (χ0v) is 15.6. The summed E-state index contributed by atoms with van der Waals surface area (Å²) in [6.45, 7) is 4.28. The van der Waals surface area contributed by atoms with Gasteiger partial charge in [0, 0.05) is 22.8 Å². The molecule has 0 amide bonds. The van der Waals surface area contributed by atoms with Crippen LogP contribution in [0.5, 0.6) is 0 Å². The van der Waals surface area contributed by atoms with Gasteiger partial charge in [-0.05, 0) is 48.6 Å². The lowest BCUT2D eigenvalue weighted by Gasteiger charge is -2.13. The van der Waals surface area contributed by atoms with Crippen LogP contribution in [-0.2, 0) is 6.54 Å². The predicted molar refractivity (Wildman–Crippen MR) is 109 cm³/mol. The molecule has 132 valence electrons. The van der Waals surface area contributed by atoms with Crippen molar-refractivity contribution in [2.45, 2.75) is 20.4 Å². The van der Waals surface area contributed by atoms with E-state index in [0.717, 1.165) is 16.6 Å². The zero-order chi connectivity index (χ0) is 18.8. The minimum atomic E-state index is -0.286. The van der Waals surface area contributed by atoms with E-state index in [1.165, 1.54) is 5.41 Å². The summed E-state index contributed by atoms with van der Waals surface area (Å²) < 4.78 is 1.81. The maximum absolute atomic E-state index is 13.0. The lowest BCUT2D eigenvalue weighted by atomic mass is 9.99. The van der Waals surface area contributed by atoms with Gasteiger partial charge in [-0.1, -0.05) is 24.3 Å².